The molecule has 3 rings (SSSR count). The lowest BCUT2D eigenvalue weighted by atomic mass is 9.85. The summed E-state index contributed by atoms with van der Waals surface area (Å²) in [4.78, 5) is 0. The highest BCUT2D eigenvalue weighted by atomic mass is 14.2. The second-order valence-electron chi connectivity index (χ2n) is 13.0. The zero-order valence-corrected chi connectivity index (χ0v) is 32.1. The second kappa shape index (κ2) is 24.7. The molecule has 0 aliphatic rings. The van der Waals surface area contributed by atoms with Crippen molar-refractivity contribution >= 4 is 0 Å². The number of aryl methyl sites for hydroxylation is 3. The van der Waals surface area contributed by atoms with E-state index in [9.17, 15) is 0 Å². The van der Waals surface area contributed by atoms with Gasteiger partial charge in [-0.3, -0.25) is 0 Å². The van der Waals surface area contributed by atoms with Gasteiger partial charge in [-0.15, -0.1) is 6.58 Å². The second-order valence-corrected chi connectivity index (χ2v) is 13.0. The van der Waals surface area contributed by atoms with Crippen LogP contribution in [-0.2, 0) is 0 Å². The van der Waals surface area contributed by atoms with Crippen LogP contribution in [0.15, 0.2) is 72.8 Å². The van der Waals surface area contributed by atoms with Gasteiger partial charge >= 0.3 is 0 Å². The Morgan fingerprint density at radius 3 is 1.32 bits per heavy atom. The lowest BCUT2D eigenvalue weighted by Crippen LogP contribution is -2.12. The largest absolute Gasteiger partial charge is 0.100 e. The van der Waals surface area contributed by atoms with E-state index in [0.29, 0.717) is 5.92 Å². The Balaban J connectivity index is 0. The van der Waals surface area contributed by atoms with Gasteiger partial charge in [0.2, 0.25) is 0 Å². The first-order valence-electron chi connectivity index (χ1n) is 17.6. The molecule has 0 N–H and O–H groups in total. The van der Waals surface area contributed by atoms with Gasteiger partial charge in [0.25, 0.3) is 0 Å². The topological polar surface area (TPSA) is 0 Å². The molecule has 0 radical (unpaired) electrons. The van der Waals surface area contributed by atoms with Crippen LogP contribution in [-0.4, -0.2) is 0 Å². The minimum Gasteiger partial charge on any atom is -0.100 e. The Labute approximate surface area is 276 Å². The maximum atomic E-state index is 3.56. The summed E-state index contributed by atoms with van der Waals surface area (Å²) in [7, 11) is 0. The first-order valence-corrected chi connectivity index (χ1v) is 17.6. The van der Waals surface area contributed by atoms with Crippen LogP contribution >= 0.6 is 0 Å². The number of benzene rings is 3. The van der Waals surface area contributed by atoms with Crippen molar-refractivity contribution in [2.45, 2.75) is 142 Å². The van der Waals surface area contributed by atoms with Crippen LogP contribution in [0.25, 0.3) is 22.3 Å². The van der Waals surface area contributed by atoms with Gasteiger partial charge in [0.1, 0.15) is 0 Å². The molecule has 0 fully saturated rings. The van der Waals surface area contributed by atoms with Crippen molar-refractivity contribution in [3.8, 4) is 22.3 Å². The summed E-state index contributed by atoms with van der Waals surface area (Å²) in [5, 5.41) is 0. The van der Waals surface area contributed by atoms with E-state index in [2.05, 4.69) is 150 Å². The summed E-state index contributed by atoms with van der Waals surface area (Å²) in [6.07, 6.45) is 5.14. The maximum Gasteiger partial charge on any atom is -0.0152 e. The molecule has 0 nitrogen and oxygen atoms in total. The Kier molecular flexibility index (Phi) is 24.4. The first kappa shape index (κ1) is 43.5. The molecule has 0 saturated heterocycles. The highest BCUT2D eigenvalue weighted by Gasteiger charge is 2.13. The summed E-state index contributed by atoms with van der Waals surface area (Å²) >= 11 is 0. The molecule has 0 aliphatic heterocycles. The Morgan fingerprint density at radius 1 is 0.591 bits per heavy atom. The van der Waals surface area contributed by atoms with Gasteiger partial charge in [-0.2, -0.15) is 0 Å². The zero-order chi connectivity index (χ0) is 34.4. The van der Waals surface area contributed by atoms with Gasteiger partial charge in [0.05, 0.1) is 0 Å². The molecule has 0 saturated carbocycles. The van der Waals surface area contributed by atoms with Crippen LogP contribution in [0.2, 0.25) is 0 Å². The SMILES string of the molecule is C=C(C)C.CC.CCC(C)c1ccc(-c2ccc(-c3cc(C)c(C)cc3C)cc2)cc1.CCCC.CC[C@@H](C)C(C)C(C)C. The third kappa shape index (κ3) is 17.0. The minimum absolute atomic E-state index is 0.629. The van der Waals surface area contributed by atoms with Gasteiger partial charge < -0.3 is 0 Å². The van der Waals surface area contributed by atoms with Crippen LogP contribution < -0.4 is 0 Å². The van der Waals surface area contributed by atoms with E-state index in [1.165, 1.54) is 75.8 Å². The highest BCUT2D eigenvalue weighted by molar-refractivity contribution is 5.73. The fraction of sp³-hybridized carbons (Fsp3) is 0.545. The molecule has 0 aromatic heterocycles. The fourth-order valence-electron chi connectivity index (χ4n) is 4.38. The van der Waals surface area contributed by atoms with Crippen LogP contribution in [0, 0.1) is 38.5 Å². The molecule has 2 unspecified atom stereocenters. The quantitative estimate of drug-likeness (QED) is 0.226. The van der Waals surface area contributed by atoms with Gasteiger partial charge in [-0.05, 0) is 109 Å². The van der Waals surface area contributed by atoms with E-state index in [1.54, 1.807) is 0 Å². The summed E-state index contributed by atoms with van der Waals surface area (Å²) in [6.45, 7) is 38.5. The standard InChI is InChI=1S/C25H28.C9H20.C4H8.C4H10.C2H6/c1-6-17(2)21-7-9-22(10-8-21)23-11-13-24(14-12-23)25-16-19(4)18(3)15-20(25)5;1-6-8(4)9(5)7(2)3;1-4(2)3;1-3-4-2;1-2/h7-17H,6H2,1-5H3;7-9H,6H2,1-5H3;1H2,2-3H3;3-4H2,1-2H3;1-2H3/t;8-,9?;;;/m.1.../s1. The van der Waals surface area contributed by atoms with E-state index < -0.39 is 0 Å². The molecule has 0 heteroatoms. The van der Waals surface area contributed by atoms with Crippen molar-refractivity contribution in [1.29, 1.82) is 0 Å². The van der Waals surface area contributed by atoms with Crippen molar-refractivity contribution in [3.05, 3.63) is 95.1 Å². The lowest BCUT2D eigenvalue weighted by Gasteiger charge is -2.21. The van der Waals surface area contributed by atoms with Crippen LogP contribution in [0.4, 0.5) is 0 Å². The van der Waals surface area contributed by atoms with Crippen LogP contribution in [0.5, 0.6) is 0 Å². The molecule has 0 amide bonds. The molecule has 0 spiro atoms. The predicted molar refractivity (Wildman–Crippen MR) is 206 cm³/mol. The minimum atomic E-state index is 0.629. The summed E-state index contributed by atoms with van der Waals surface area (Å²) < 4.78 is 0. The van der Waals surface area contributed by atoms with Gasteiger partial charge in [-0.25, -0.2) is 0 Å². The normalized spacial score (nSPS) is 12.0. The van der Waals surface area contributed by atoms with Crippen LogP contribution in [0.1, 0.15) is 144 Å². The molecule has 3 aromatic carbocycles. The summed E-state index contributed by atoms with van der Waals surface area (Å²) in [5.41, 5.74) is 11.8. The number of unbranched alkanes of at least 4 members (excludes halogenated alkanes) is 1. The van der Waals surface area contributed by atoms with E-state index >= 15 is 0 Å². The molecular formula is C44H72. The first-order chi connectivity index (χ1) is 20.7. The number of hydrogen-bond donors (Lipinski definition) is 0. The van der Waals surface area contributed by atoms with Crippen molar-refractivity contribution in [2.24, 2.45) is 17.8 Å². The molecule has 3 aromatic rings. The average Bonchev–Trinajstić information content (AvgIpc) is 3.03. The lowest BCUT2D eigenvalue weighted by molar-refractivity contribution is 0.289. The van der Waals surface area contributed by atoms with Gasteiger partial charge in [0, 0.05) is 0 Å². The predicted octanol–water partition coefficient (Wildman–Crippen LogP) is 15.2. The summed E-state index contributed by atoms with van der Waals surface area (Å²) in [5.74, 6) is 3.25. The van der Waals surface area contributed by atoms with Gasteiger partial charge in [0.15, 0.2) is 0 Å². The zero-order valence-electron chi connectivity index (χ0n) is 32.1. The molecule has 0 bridgehead atoms. The third-order valence-corrected chi connectivity index (χ3v) is 8.56. The highest BCUT2D eigenvalue weighted by Crippen LogP contribution is 2.30. The monoisotopic (exact) mass is 601 g/mol. The Hall–Kier alpha value is -2.60. The third-order valence-electron chi connectivity index (χ3n) is 8.56. The Bertz CT molecular complexity index is 1120. The molecule has 0 heterocycles. The van der Waals surface area contributed by atoms with E-state index in [0.717, 1.165) is 17.8 Å². The van der Waals surface area contributed by atoms with Crippen LogP contribution in [0.3, 0.4) is 0 Å². The van der Waals surface area contributed by atoms with Crippen molar-refractivity contribution in [2.75, 3.05) is 0 Å². The average molecular weight is 601 g/mol. The van der Waals surface area contributed by atoms with Crippen molar-refractivity contribution < 1.29 is 0 Å². The number of hydrogen-bond acceptors (Lipinski definition) is 0. The van der Waals surface area contributed by atoms with Crippen molar-refractivity contribution in [3.63, 3.8) is 0 Å². The molecule has 44 heavy (non-hydrogen) atoms. The van der Waals surface area contributed by atoms with Crippen molar-refractivity contribution in [1.82, 2.24) is 0 Å². The smallest absolute Gasteiger partial charge is 0.0152 e. The molecule has 248 valence electrons. The van der Waals surface area contributed by atoms with E-state index in [1.807, 2.05) is 27.7 Å². The fourth-order valence-corrected chi connectivity index (χ4v) is 4.38. The number of allylic oxidation sites excluding steroid dienone is 1. The van der Waals surface area contributed by atoms with E-state index in [4.69, 9.17) is 0 Å². The Morgan fingerprint density at radius 2 is 0.977 bits per heavy atom. The van der Waals surface area contributed by atoms with E-state index in [-0.39, 0.29) is 0 Å². The summed E-state index contributed by atoms with van der Waals surface area (Å²) in [6, 6.07) is 22.6. The molecule has 0 aliphatic carbocycles. The molecule has 3 atom stereocenters. The maximum absolute atomic E-state index is 3.56. The van der Waals surface area contributed by atoms with Gasteiger partial charge in [-0.1, -0.05) is 162 Å². The molecular weight excluding hydrogens is 528 g/mol. The number of rotatable bonds is 8.